The second kappa shape index (κ2) is 8.22. The topological polar surface area (TPSA) is 56.0 Å². The first-order valence-electron chi connectivity index (χ1n) is 9.23. The van der Waals surface area contributed by atoms with Crippen LogP contribution in [0.25, 0.3) is 0 Å². The van der Waals surface area contributed by atoms with Crippen LogP contribution < -0.4 is 10.6 Å². The Morgan fingerprint density at radius 2 is 1.89 bits per heavy atom. The maximum absolute atomic E-state index is 5.66. The van der Waals surface area contributed by atoms with E-state index in [0.29, 0.717) is 0 Å². The normalized spacial score (nSPS) is 19.1. The third-order valence-electron chi connectivity index (χ3n) is 4.82. The fourth-order valence-electron chi connectivity index (χ4n) is 3.55. The van der Waals surface area contributed by atoms with E-state index in [-0.39, 0.29) is 12.1 Å². The highest BCUT2D eigenvalue weighted by Gasteiger charge is 2.39. The lowest BCUT2D eigenvalue weighted by Gasteiger charge is -2.27. The molecule has 2 aromatic heterocycles. The maximum atomic E-state index is 5.66. The zero-order chi connectivity index (χ0) is 18.5. The van der Waals surface area contributed by atoms with Gasteiger partial charge in [0, 0.05) is 36.9 Å². The van der Waals surface area contributed by atoms with Crippen molar-refractivity contribution < 1.29 is 0 Å². The lowest BCUT2D eigenvalue weighted by Crippen LogP contribution is -2.31. The van der Waals surface area contributed by atoms with Crippen LogP contribution in [0, 0.1) is 0 Å². The first-order chi connectivity index (χ1) is 13.3. The number of rotatable bonds is 7. The largest absolute Gasteiger partial charge is 0.385 e. The van der Waals surface area contributed by atoms with E-state index in [4.69, 9.17) is 12.2 Å². The number of nitrogens with one attached hydrogen (secondary N) is 3. The summed E-state index contributed by atoms with van der Waals surface area (Å²) < 4.78 is 0. The van der Waals surface area contributed by atoms with Gasteiger partial charge in [0.15, 0.2) is 5.11 Å². The Bertz CT molecular complexity index is 851. The summed E-state index contributed by atoms with van der Waals surface area (Å²) in [6, 6.07) is 20.6. The van der Waals surface area contributed by atoms with Crippen molar-refractivity contribution in [2.24, 2.45) is 0 Å². The third-order valence-corrected chi connectivity index (χ3v) is 5.17. The van der Waals surface area contributed by atoms with Gasteiger partial charge in [-0.3, -0.25) is 4.98 Å². The SMILES string of the molecule is S=C1N[C@@H](c2ccccn2)[C@@H](c2ccc[nH]2)N1CCCNc1ccccc1. The molecule has 138 valence electrons. The van der Waals surface area contributed by atoms with Crippen LogP contribution in [0.1, 0.15) is 29.9 Å². The van der Waals surface area contributed by atoms with E-state index in [0.717, 1.165) is 41.7 Å². The van der Waals surface area contributed by atoms with Crippen LogP contribution >= 0.6 is 12.2 Å². The summed E-state index contributed by atoms with van der Waals surface area (Å²) in [5, 5.41) is 7.72. The van der Waals surface area contributed by atoms with E-state index in [9.17, 15) is 0 Å². The number of para-hydroxylation sites is 1. The monoisotopic (exact) mass is 377 g/mol. The molecular formula is C21H23N5S. The summed E-state index contributed by atoms with van der Waals surface area (Å²) in [6.45, 7) is 1.77. The number of aromatic amines is 1. The van der Waals surface area contributed by atoms with Gasteiger partial charge in [-0.15, -0.1) is 0 Å². The number of hydrogen-bond donors (Lipinski definition) is 3. The Balaban J connectivity index is 1.46. The zero-order valence-electron chi connectivity index (χ0n) is 15.0. The van der Waals surface area contributed by atoms with Gasteiger partial charge < -0.3 is 20.5 Å². The molecule has 1 aromatic carbocycles. The Morgan fingerprint density at radius 3 is 2.63 bits per heavy atom. The molecule has 3 heterocycles. The predicted octanol–water partition coefficient (Wildman–Crippen LogP) is 3.88. The standard InChI is InChI=1S/C21H23N5S/c27-21-25-19(17-10-4-5-12-23-17)20(18-11-6-13-24-18)26(21)15-7-14-22-16-8-2-1-3-9-16/h1-6,8-13,19-20,22,24H,7,14-15H2,(H,25,27)/t19-,20+/m0/s1. The van der Waals surface area contributed by atoms with Gasteiger partial charge in [0.05, 0.1) is 17.8 Å². The van der Waals surface area contributed by atoms with Gasteiger partial charge in [-0.2, -0.15) is 0 Å². The zero-order valence-corrected chi connectivity index (χ0v) is 15.8. The molecule has 4 rings (SSSR count). The van der Waals surface area contributed by atoms with Crippen LogP contribution in [0.2, 0.25) is 0 Å². The Morgan fingerprint density at radius 1 is 1.04 bits per heavy atom. The molecule has 0 radical (unpaired) electrons. The van der Waals surface area contributed by atoms with Gasteiger partial charge in [0.25, 0.3) is 0 Å². The molecule has 0 bridgehead atoms. The smallest absolute Gasteiger partial charge is 0.170 e. The molecular weight excluding hydrogens is 354 g/mol. The molecule has 27 heavy (non-hydrogen) atoms. The summed E-state index contributed by atoms with van der Waals surface area (Å²) in [5.74, 6) is 0. The molecule has 0 unspecified atom stereocenters. The van der Waals surface area contributed by atoms with E-state index < -0.39 is 0 Å². The molecule has 1 saturated heterocycles. The van der Waals surface area contributed by atoms with Crippen molar-refractivity contribution in [3.8, 4) is 0 Å². The number of nitrogens with zero attached hydrogens (tertiary/aromatic N) is 2. The van der Waals surface area contributed by atoms with Gasteiger partial charge in [0.2, 0.25) is 0 Å². The van der Waals surface area contributed by atoms with Crippen molar-refractivity contribution in [1.82, 2.24) is 20.2 Å². The fourth-order valence-corrected chi connectivity index (χ4v) is 3.88. The molecule has 1 fully saturated rings. The molecule has 2 atom stereocenters. The van der Waals surface area contributed by atoms with Crippen LogP contribution in [0.3, 0.4) is 0 Å². The maximum Gasteiger partial charge on any atom is 0.170 e. The van der Waals surface area contributed by atoms with Crippen LogP contribution in [0.15, 0.2) is 73.1 Å². The quantitative estimate of drug-likeness (QED) is 0.431. The van der Waals surface area contributed by atoms with Gasteiger partial charge in [-0.1, -0.05) is 24.3 Å². The summed E-state index contributed by atoms with van der Waals surface area (Å²) in [4.78, 5) is 10.2. The van der Waals surface area contributed by atoms with Crippen LogP contribution in [-0.2, 0) is 0 Å². The Hall–Kier alpha value is -2.86. The number of hydrogen-bond acceptors (Lipinski definition) is 3. The van der Waals surface area contributed by atoms with Crippen molar-refractivity contribution in [2.75, 3.05) is 18.4 Å². The molecule has 0 saturated carbocycles. The van der Waals surface area contributed by atoms with E-state index in [1.54, 1.807) is 0 Å². The summed E-state index contributed by atoms with van der Waals surface area (Å²) in [5.41, 5.74) is 3.30. The average Bonchev–Trinajstić information content (AvgIpc) is 3.35. The van der Waals surface area contributed by atoms with Gasteiger partial charge in [-0.25, -0.2) is 0 Å². The lowest BCUT2D eigenvalue weighted by atomic mass is 10.0. The molecule has 6 heteroatoms. The van der Waals surface area contributed by atoms with Crippen molar-refractivity contribution in [2.45, 2.75) is 18.5 Å². The van der Waals surface area contributed by atoms with E-state index in [1.807, 2.05) is 48.8 Å². The average molecular weight is 378 g/mol. The fraction of sp³-hybridized carbons (Fsp3) is 0.238. The van der Waals surface area contributed by atoms with Crippen LogP contribution in [0.5, 0.6) is 0 Å². The molecule has 0 amide bonds. The minimum Gasteiger partial charge on any atom is -0.385 e. The number of thiocarbonyl (C=S) groups is 1. The number of aromatic nitrogens is 2. The van der Waals surface area contributed by atoms with Gasteiger partial charge in [-0.05, 0) is 55.0 Å². The third kappa shape index (κ3) is 3.95. The minimum absolute atomic E-state index is 0.0411. The lowest BCUT2D eigenvalue weighted by molar-refractivity contribution is 0.311. The number of anilines is 1. The molecule has 5 nitrogen and oxygen atoms in total. The van der Waals surface area contributed by atoms with Crippen molar-refractivity contribution in [3.63, 3.8) is 0 Å². The predicted molar refractivity (Wildman–Crippen MR) is 113 cm³/mol. The van der Waals surface area contributed by atoms with E-state index in [2.05, 4.69) is 49.8 Å². The second-order valence-corrected chi connectivity index (χ2v) is 6.98. The minimum atomic E-state index is 0.0411. The highest BCUT2D eigenvalue weighted by molar-refractivity contribution is 7.80. The summed E-state index contributed by atoms with van der Waals surface area (Å²) >= 11 is 5.66. The van der Waals surface area contributed by atoms with Gasteiger partial charge >= 0.3 is 0 Å². The molecule has 0 aliphatic carbocycles. The molecule has 0 spiro atoms. The van der Waals surface area contributed by atoms with Crippen molar-refractivity contribution in [3.05, 3.63) is 84.4 Å². The first kappa shape index (κ1) is 17.5. The Labute approximate surface area is 164 Å². The van der Waals surface area contributed by atoms with E-state index in [1.165, 1.54) is 0 Å². The van der Waals surface area contributed by atoms with Crippen LogP contribution in [0.4, 0.5) is 5.69 Å². The Kier molecular flexibility index (Phi) is 5.34. The van der Waals surface area contributed by atoms with Crippen molar-refractivity contribution in [1.29, 1.82) is 0 Å². The summed E-state index contributed by atoms with van der Waals surface area (Å²) in [6.07, 6.45) is 4.78. The number of H-pyrrole nitrogens is 1. The molecule has 3 aromatic rings. The molecule has 1 aliphatic rings. The molecule has 3 N–H and O–H groups in total. The van der Waals surface area contributed by atoms with Crippen LogP contribution in [-0.4, -0.2) is 33.1 Å². The highest BCUT2D eigenvalue weighted by Crippen LogP contribution is 2.37. The van der Waals surface area contributed by atoms with Crippen molar-refractivity contribution >= 4 is 23.0 Å². The second-order valence-electron chi connectivity index (χ2n) is 6.59. The number of benzene rings is 1. The number of pyridine rings is 1. The molecule has 1 aliphatic heterocycles. The first-order valence-corrected chi connectivity index (χ1v) is 9.64. The van der Waals surface area contributed by atoms with E-state index >= 15 is 0 Å². The van der Waals surface area contributed by atoms with Gasteiger partial charge in [0.1, 0.15) is 0 Å². The highest BCUT2D eigenvalue weighted by atomic mass is 32.1. The summed E-state index contributed by atoms with van der Waals surface area (Å²) in [7, 11) is 0.